The number of phenolic OH excluding ortho intramolecular Hbond substituents is 2. The third-order valence-corrected chi connectivity index (χ3v) is 2.35. The minimum Gasteiger partial charge on any atom is -0.508 e. The molecule has 1 aromatic rings. The highest BCUT2D eigenvalue weighted by Gasteiger charge is 2.25. The number of hydrogen-bond donors (Lipinski definition) is 4. The van der Waals surface area contributed by atoms with E-state index < -0.39 is 5.54 Å². The topological polar surface area (TPSA) is 86.7 Å². The van der Waals surface area contributed by atoms with Crippen LogP contribution in [0.15, 0.2) is 12.1 Å². The van der Waals surface area contributed by atoms with E-state index in [9.17, 15) is 10.2 Å². The van der Waals surface area contributed by atoms with Crippen molar-refractivity contribution in [2.45, 2.75) is 19.4 Å². The molecule has 0 aromatic heterocycles. The van der Waals surface area contributed by atoms with Crippen LogP contribution in [0.1, 0.15) is 18.1 Å². The molecule has 78 valence electrons. The van der Waals surface area contributed by atoms with Crippen molar-refractivity contribution in [1.29, 1.82) is 0 Å². The van der Waals surface area contributed by atoms with Crippen molar-refractivity contribution in [3.8, 4) is 11.5 Å². The Morgan fingerprint density at radius 1 is 1.36 bits per heavy atom. The lowest BCUT2D eigenvalue weighted by Crippen LogP contribution is -2.37. The maximum Gasteiger partial charge on any atom is 0.127 e. The Bertz CT molecular complexity index is 347. The summed E-state index contributed by atoms with van der Waals surface area (Å²) in [5.41, 5.74) is 5.56. The molecule has 1 atom stereocenters. The molecule has 0 radical (unpaired) electrons. The van der Waals surface area contributed by atoms with Gasteiger partial charge in [0.05, 0.1) is 12.1 Å². The highest BCUT2D eigenvalue weighted by Crippen LogP contribution is 2.34. The Morgan fingerprint density at radius 3 is 2.43 bits per heavy atom. The van der Waals surface area contributed by atoms with Crippen LogP contribution in [0.4, 0.5) is 0 Å². The van der Waals surface area contributed by atoms with Gasteiger partial charge in [-0.2, -0.15) is 0 Å². The lowest BCUT2D eigenvalue weighted by molar-refractivity contribution is 0.206. The van der Waals surface area contributed by atoms with Crippen LogP contribution in [-0.2, 0) is 5.54 Å². The first-order valence-electron chi connectivity index (χ1n) is 4.32. The fourth-order valence-corrected chi connectivity index (χ4v) is 1.24. The van der Waals surface area contributed by atoms with Crippen molar-refractivity contribution < 1.29 is 15.3 Å². The third-order valence-electron chi connectivity index (χ3n) is 2.35. The van der Waals surface area contributed by atoms with Crippen LogP contribution in [0.2, 0.25) is 0 Å². The number of rotatable bonds is 2. The number of aromatic hydroxyl groups is 2. The predicted molar refractivity (Wildman–Crippen MR) is 53.1 cm³/mol. The molecule has 14 heavy (non-hydrogen) atoms. The summed E-state index contributed by atoms with van der Waals surface area (Å²) in [6.07, 6.45) is 0. The molecule has 0 amide bonds. The van der Waals surface area contributed by atoms with Gasteiger partial charge in [-0.1, -0.05) is 0 Å². The van der Waals surface area contributed by atoms with Crippen molar-refractivity contribution in [3.63, 3.8) is 0 Å². The number of aliphatic hydroxyl groups is 1. The summed E-state index contributed by atoms with van der Waals surface area (Å²) in [6.45, 7) is 2.92. The quantitative estimate of drug-likeness (QED) is 0.558. The van der Waals surface area contributed by atoms with E-state index in [1.165, 1.54) is 12.1 Å². The summed E-state index contributed by atoms with van der Waals surface area (Å²) >= 11 is 0. The van der Waals surface area contributed by atoms with Gasteiger partial charge in [-0.25, -0.2) is 0 Å². The van der Waals surface area contributed by atoms with Crippen LogP contribution >= 0.6 is 0 Å². The first-order valence-corrected chi connectivity index (χ1v) is 4.32. The van der Waals surface area contributed by atoms with Crippen LogP contribution in [0.25, 0.3) is 0 Å². The molecule has 0 saturated carbocycles. The van der Waals surface area contributed by atoms with E-state index in [-0.39, 0.29) is 18.1 Å². The van der Waals surface area contributed by atoms with E-state index in [0.717, 1.165) is 0 Å². The zero-order chi connectivity index (χ0) is 10.9. The maximum absolute atomic E-state index is 9.69. The molecule has 0 aliphatic carbocycles. The van der Waals surface area contributed by atoms with Crippen molar-refractivity contribution in [1.82, 2.24) is 0 Å². The molecule has 0 fully saturated rings. The van der Waals surface area contributed by atoms with Crippen LogP contribution in [0, 0.1) is 6.92 Å². The molecule has 0 aliphatic heterocycles. The van der Waals surface area contributed by atoms with Crippen molar-refractivity contribution >= 4 is 0 Å². The van der Waals surface area contributed by atoms with Gasteiger partial charge in [0.2, 0.25) is 0 Å². The summed E-state index contributed by atoms with van der Waals surface area (Å²) in [5, 5.41) is 28.0. The van der Waals surface area contributed by atoms with Crippen molar-refractivity contribution in [3.05, 3.63) is 23.3 Å². The summed E-state index contributed by atoms with van der Waals surface area (Å²) in [7, 11) is 0. The average Bonchev–Trinajstić information content (AvgIpc) is 2.14. The molecule has 0 bridgehead atoms. The van der Waals surface area contributed by atoms with E-state index in [4.69, 9.17) is 10.8 Å². The Morgan fingerprint density at radius 2 is 1.93 bits per heavy atom. The van der Waals surface area contributed by atoms with E-state index in [2.05, 4.69) is 0 Å². The average molecular weight is 197 g/mol. The molecule has 4 nitrogen and oxygen atoms in total. The Hall–Kier alpha value is -1.26. The number of phenols is 2. The number of benzene rings is 1. The zero-order valence-electron chi connectivity index (χ0n) is 8.28. The van der Waals surface area contributed by atoms with Gasteiger partial charge in [0, 0.05) is 11.1 Å². The van der Waals surface area contributed by atoms with Gasteiger partial charge >= 0.3 is 0 Å². The first kappa shape index (κ1) is 10.8. The minimum absolute atomic E-state index is 0.0139. The monoisotopic (exact) mass is 197 g/mol. The lowest BCUT2D eigenvalue weighted by Gasteiger charge is -2.24. The second-order valence-corrected chi connectivity index (χ2v) is 3.68. The summed E-state index contributed by atoms with van der Waals surface area (Å²) in [4.78, 5) is 0. The molecule has 5 N–H and O–H groups in total. The van der Waals surface area contributed by atoms with Crippen LogP contribution < -0.4 is 5.73 Å². The SMILES string of the molecule is Cc1c(O)ccc([C@@](C)(N)CO)c1O. The summed E-state index contributed by atoms with van der Waals surface area (Å²) in [5.74, 6) is -0.0518. The highest BCUT2D eigenvalue weighted by atomic mass is 16.3. The molecule has 0 unspecified atom stereocenters. The maximum atomic E-state index is 9.69. The van der Waals surface area contributed by atoms with E-state index in [0.29, 0.717) is 11.1 Å². The number of nitrogens with two attached hydrogens (primary N) is 1. The van der Waals surface area contributed by atoms with Crippen molar-refractivity contribution in [2.75, 3.05) is 6.61 Å². The molecule has 4 heteroatoms. The summed E-state index contributed by atoms with van der Waals surface area (Å²) < 4.78 is 0. The lowest BCUT2D eigenvalue weighted by atomic mass is 9.91. The molecule has 0 spiro atoms. The Balaban J connectivity index is 3.31. The second kappa shape index (κ2) is 3.48. The summed E-state index contributed by atoms with van der Waals surface area (Å²) in [6, 6.07) is 2.96. The standard InChI is InChI=1S/C10H15NO3/c1-6-8(13)4-3-7(9(6)14)10(2,11)5-12/h3-4,12-14H,5,11H2,1-2H3/t10-/m0/s1. The molecule has 1 aromatic carbocycles. The largest absolute Gasteiger partial charge is 0.508 e. The second-order valence-electron chi connectivity index (χ2n) is 3.68. The number of hydrogen-bond acceptors (Lipinski definition) is 4. The molecule has 0 heterocycles. The van der Waals surface area contributed by atoms with Crippen LogP contribution in [0.5, 0.6) is 11.5 Å². The Kier molecular flexibility index (Phi) is 2.69. The normalized spacial score (nSPS) is 15.1. The highest BCUT2D eigenvalue weighted by molar-refractivity contribution is 5.50. The third kappa shape index (κ3) is 1.66. The van der Waals surface area contributed by atoms with E-state index >= 15 is 0 Å². The van der Waals surface area contributed by atoms with E-state index in [1.807, 2.05) is 0 Å². The molecular weight excluding hydrogens is 182 g/mol. The van der Waals surface area contributed by atoms with Gasteiger partial charge in [0.15, 0.2) is 0 Å². The van der Waals surface area contributed by atoms with Gasteiger partial charge < -0.3 is 21.1 Å². The van der Waals surface area contributed by atoms with Gasteiger partial charge in [0.25, 0.3) is 0 Å². The predicted octanol–water partition coefficient (Wildman–Crippen LogP) is 0.572. The minimum atomic E-state index is -0.997. The fourth-order valence-electron chi connectivity index (χ4n) is 1.24. The first-order chi connectivity index (χ1) is 6.40. The molecule has 0 saturated heterocycles. The van der Waals surface area contributed by atoms with Gasteiger partial charge in [0.1, 0.15) is 11.5 Å². The molecule has 0 aliphatic rings. The van der Waals surface area contributed by atoms with Gasteiger partial charge in [-0.15, -0.1) is 0 Å². The van der Waals surface area contributed by atoms with Crippen molar-refractivity contribution in [2.24, 2.45) is 5.73 Å². The smallest absolute Gasteiger partial charge is 0.127 e. The fraction of sp³-hybridized carbons (Fsp3) is 0.400. The van der Waals surface area contributed by atoms with Gasteiger partial charge in [-0.3, -0.25) is 0 Å². The zero-order valence-corrected chi connectivity index (χ0v) is 8.28. The Labute approximate surface area is 82.6 Å². The van der Waals surface area contributed by atoms with Gasteiger partial charge in [-0.05, 0) is 26.0 Å². The number of aliphatic hydroxyl groups excluding tert-OH is 1. The van der Waals surface area contributed by atoms with Crippen LogP contribution in [0.3, 0.4) is 0 Å². The molecule has 1 rings (SSSR count). The van der Waals surface area contributed by atoms with E-state index in [1.54, 1.807) is 13.8 Å². The molecular formula is C10H15NO3. The van der Waals surface area contributed by atoms with Crippen LogP contribution in [-0.4, -0.2) is 21.9 Å².